The van der Waals surface area contributed by atoms with E-state index >= 15 is 0 Å². The first-order chi connectivity index (χ1) is 9.43. The Morgan fingerprint density at radius 3 is 2.50 bits per heavy atom. The number of aromatic nitrogens is 2. The standard InChI is InChI=1S/C13H14N4O2S/c1-16-9-12(8-15-16)10-17(2)20(18,19)13-5-3-11(7-14)4-6-13/h3-6,8-9H,10H2,1-2H3. The van der Waals surface area contributed by atoms with E-state index in [4.69, 9.17) is 5.26 Å². The monoisotopic (exact) mass is 290 g/mol. The minimum Gasteiger partial charge on any atom is -0.275 e. The SMILES string of the molecule is CN(Cc1cnn(C)c1)S(=O)(=O)c1ccc(C#N)cc1. The van der Waals surface area contributed by atoms with E-state index in [2.05, 4.69) is 5.10 Å². The summed E-state index contributed by atoms with van der Waals surface area (Å²) in [5.74, 6) is 0. The maximum Gasteiger partial charge on any atom is 0.243 e. The van der Waals surface area contributed by atoms with Crippen LogP contribution in [0.4, 0.5) is 0 Å². The lowest BCUT2D eigenvalue weighted by Gasteiger charge is -2.16. The normalized spacial score (nSPS) is 11.5. The quantitative estimate of drug-likeness (QED) is 0.845. The molecule has 1 aromatic carbocycles. The summed E-state index contributed by atoms with van der Waals surface area (Å²) in [5, 5.41) is 12.7. The summed E-state index contributed by atoms with van der Waals surface area (Å²) >= 11 is 0. The molecular formula is C13H14N4O2S. The van der Waals surface area contributed by atoms with Crippen molar-refractivity contribution < 1.29 is 8.42 Å². The molecule has 6 nitrogen and oxygen atoms in total. The van der Waals surface area contributed by atoms with Crippen molar-refractivity contribution in [1.29, 1.82) is 5.26 Å². The average molecular weight is 290 g/mol. The smallest absolute Gasteiger partial charge is 0.243 e. The van der Waals surface area contributed by atoms with Crippen LogP contribution in [0.15, 0.2) is 41.6 Å². The molecule has 0 N–H and O–H groups in total. The summed E-state index contributed by atoms with van der Waals surface area (Å²) in [6, 6.07) is 7.82. The summed E-state index contributed by atoms with van der Waals surface area (Å²) in [5.41, 5.74) is 1.24. The van der Waals surface area contributed by atoms with Crippen LogP contribution in [0.1, 0.15) is 11.1 Å². The molecule has 0 amide bonds. The van der Waals surface area contributed by atoms with Crippen molar-refractivity contribution in [2.75, 3.05) is 7.05 Å². The lowest BCUT2D eigenvalue weighted by atomic mass is 10.2. The van der Waals surface area contributed by atoms with Gasteiger partial charge in [0.1, 0.15) is 0 Å². The molecule has 0 aliphatic heterocycles. The van der Waals surface area contributed by atoms with E-state index in [-0.39, 0.29) is 11.4 Å². The molecule has 0 aliphatic rings. The molecule has 0 spiro atoms. The summed E-state index contributed by atoms with van der Waals surface area (Å²) in [7, 11) is -0.275. The largest absolute Gasteiger partial charge is 0.275 e. The van der Waals surface area contributed by atoms with Gasteiger partial charge in [-0.3, -0.25) is 4.68 Å². The van der Waals surface area contributed by atoms with Crippen LogP contribution in [0.3, 0.4) is 0 Å². The molecule has 2 aromatic rings. The maximum absolute atomic E-state index is 12.4. The van der Waals surface area contributed by atoms with Gasteiger partial charge in [0.05, 0.1) is 22.7 Å². The summed E-state index contributed by atoms with van der Waals surface area (Å²) in [6.07, 6.45) is 3.40. The Bertz CT molecular complexity index is 741. The van der Waals surface area contributed by atoms with Gasteiger partial charge in [-0.2, -0.15) is 14.7 Å². The highest BCUT2D eigenvalue weighted by atomic mass is 32.2. The van der Waals surface area contributed by atoms with Crippen LogP contribution >= 0.6 is 0 Å². The third-order valence-corrected chi connectivity index (χ3v) is 4.67. The number of sulfonamides is 1. The minimum absolute atomic E-state index is 0.169. The first kappa shape index (κ1) is 14.2. The predicted octanol–water partition coefficient (Wildman–Crippen LogP) is 1.11. The van der Waals surface area contributed by atoms with Crippen molar-refractivity contribution >= 4 is 10.0 Å². The highest BCUT2D eigenvalue weighted by Gasteiger charge is 2.21. The van der Waals surface area contributed by atoms with Gasteiger partial charge in [-0.05, 0) is 24.3 Å². The Morgan fingerprint density at radius 1 is 1.35 bits per heavy atom. The van der Waals surface area contributed by atoms with E-state index in [0.717, 1.165) is 5.56 Å². The zero-order valence-corrected chi connectivity index (χ0v) is 12.0. The Hall–Kier alpha value is -2.17. The van der Waals surface area contributed by atoms with Crippen LogP contribution in [0.2, 0.25) is 0 Å². The molecule has 20 heavy (non-hydrogen) atoms. The molecule has 1 heterocycles. The lowest BCUT2D eigenvalue weighted by Crippen LogP contribution is -2.26. The van der Waals surface area contributed by atoms with E-state index in [1.54, 1.807) is 24.1 Å². The zero-order valence-electron chi connectivity index (χ0n) is 11.2. The highest BCUT2D eigenvalue weighted by molar-refractivity contribution is 7.89. The highest BCUT2D eigenvalue weighted by Crippen LogP contribution is 2.17. The second kappa shape index (κ2) is 5.45. The molecule has 2 rings (SSSR count). The van der Waals surface area contributed by atoms with E-state index in [0.29, 0.717) is 5.56 Å². The van der Waals surface area contributed by atoms with E-state index < -0.39 is 10.0 Å². The van der Waals surface area contributed by atoms with Gasteiger partial charge in [0.25, 0.3) is 0 Å². The van der Waals surface area contributed by atoms with Gasteiger partial charge in [0, 0.05) is 32.4 Å². The molecule has 104 valence electrons. The molecular weight excluding hydrogens is 276 g/mol. The Morgan fingerprint density at radius 2 is 2.00 bits per heavy atom. The molecule has 0 fully saturated rings. The van der Waals surface area contributed by atoms with Crippen LogP contribution in [-0.2, 0) is 23.6 Å². The molecule has 0 bridgehead atoms. The van der Waals surface area contributed by atoms with Gasteiger partial charge in [-0.1, -0.05) is 0 Å². The second-order valence-corrected chi connectivity index (χ2v) is 6.46. The minimum atomic E-state index is -3.57. The van der Waals surface area contributed by atoms with Crippen LogP contribution < -0.4 is 0 Å². The molecule has 0 atom stereocenters. The second-order valence-electron chi connectivity index (χ2n) is 4.42. The van der Waals surface area contributed by atoms with E-state index in [1.165, 1.54) is 35.6 Å². The fourth-order valence-corrected chi connectivity index (χ4v) is 2.94. The van der Waals surface area contributed by atoms with Gasteiger partial charge < -0.3 is 0 Å². The molecule has 0 radical (unpaired) electrons. The topological polar surface area (TPSA) is 79.0 Å². The third kappa shape index (κ3) is 2.87. The van der Waals surface area contributed by atoms with Gasteiger partial charge in [0.2, 0.25) is 10.0 Å². The van der Waals surface area contributed by atoms with Crippen LogP contribution in [0.5, 0.6) is 0 Å². The summed E-state index contributed by atoms with van der Waals surface area (Å²) in [4.78, 5) is 0.169. The van der Waals surface area contributed by atoms with Crippen LogP contribution in [0.25, 0.3) is 0 Å². The average Bonchev–Trinajstić information content (AvgIpc) is 2.84. The Kier molecular flexibility index (Phi) is 3.88. The Labute approximate surface area is 117 Å². The molecule has 0 aliphatic carbocycles. The van der Waals surface area contributed by atoms with Gasteiger partial charge in [-0.25, -0.2) is 8.42 Å². The van der Waals surface area contributed by atoms with Crippen molar-refractivity contribution in [2.24, 2.45) is 7.05 Å². The zero-order chi connectivity index (χ0) is 14.8. The first-order valence-corrected chi connectivity index (χ1v) is 7.31. The first-order valence-electron chi connectivity index (χ1n) is 5.87. The molecule has 0 saturated carbocycles. The fourth-order valence-electron chi connectivity index (χ4n) is 1.78. The number of benzene rings is 1. The number of rotatable bonds is 4. The van der Waals surface area contributed by atoms with Gasteiger partial charge >= 0.3 is 0 Å². The van der Waals surface area contributed by atoms with Gasteiger partial charge in [0.15, 0.2) is 0 Å². The molecule has 7 heteroatoms. The predicted molar refractivity (Wildman–Crippen MR) is 73.0 cm³/mol. The summed E-state index contributed by atoms with van der Waals surface area (Å²) in [6.45, 7) is 0.246. The van der Waals surface area contributed by atoms with Gasteiger partial charge in [-0.15, -0.1) is 0 Å². The van der Waals surface area contributed by atoms with Crippen LogP contribution in [-0.4, -0.2) is 29.6 Å². The number of nitriles is 1. The third-order valence-electron chi connectivity index (χ3n) is 2.86. The van der Waals surface area contributed by atoms with E-state index in [9.17, 15) is 8.42 Å². The molecule has 1 aromatic heterocycles. The van der Waals surface area contributed by atoms with E-state index in [1.807, 2.05) is 6.07 Å². The summed E-state index contributed by atoms with van der Waals surface area (Å²) < 4.78 is 27.6. The fraction of sp³-hybridized carbons (Fsp3) is 0.231. The Balaban J connectivity index is 2.22. The number of nitrogens with zero attached hydrogens (tertiary/aromatic N) is 4. The molecule has 0 unspecified atom stereocenters. The van der Waals surface area contributed by atoms with Crippen molar-refractivity contribution in [3.05, 3.63) is 47.8 Å². The molecule has 0 saturated heterocycles. The number of aryl methyl sites for hydroxylation is 1. The van der Waals surface area contributed by atoms with Crippen molar-refractivity contribution in [1.82, 2.24) is 14.1 Å². The van der Waals surface area contributed by atoms with Crippen molar-refractivity contribution in [2.45, 2.75) is 11.4 Å². The van der Waals surface area contributed by atoms with Crippen molar-refractivity contribution in [3.63, 3.8) is 0 Å². The van der Waals surface area contributed by atoms with Crippen LogP contribution in [0, 0.1) is 11.3 Å². The van der Waals surface area contributed by atoms with Crippen molar-refractivity contribution in [3.8, 4) is 6.07 Å². The maximum atomic E-state index is 12.4. The lowest BCUT2D eigenvalue weighted by molar-refractivity contribution is 0.466. The number of hydrogen-bond donors (Lipinski definition) is 0. The number of hydrogen-bond acceptors (Lipinski definition) is 4.